The van der Waals surface area contributed by atoms with E-state index in [9.17, 15) is 9.59 Å². The largest absolute Gasteiger partial charge is 0.352 e. The van der Waals surface area contributed by atoms with Crippen molar-refractivity contribution in [2.24, 2.45) is 0 Å². The van der Waals surface area contributed by atoms with Crippen LogP contribution >= 0.6 is 11.8 Å². The van der Waals surface area contributed by atoms with Crippen LogP contribution in [0.5, 0.6) is 0 Å². The van der Waals surface area contributed by atoms with Crippen LogP contribution in [0.1, 0.15) is 50.3 Å². The maximum atomic E-state index is 13.2. The maximum absolute atomic E-state index is 13.2. The predicted octanol–water partition coefficient (Wildman–Crippen LogP) is 5.12. The Hall–Kier alpha value is -2.27. The van der Waals surface area contributed by atoms with Crippen LogP contribution in [0.3, 0.4) is 0 Å². The first kappa shape index (κ1) is 24.0. The predicted molar refractivity (Wildman–Crippen MR) is 126 cm³/mol. The highest BCUT2D eigenvalue weighted by Crippen LogP contribution is 2.21. The molecule has 0 radical (unpaired) electrons. The summed E-state index contributed by atoms with van der Waals surface area (Å²) in [6, 6.07) is 16.0. The SMILES string of the molecule is CC[C@@H](C(=O)NC(C)C)N(Cc1cccc(C)c1)C(=O)CCSc1ccc(C)cc1. The zero-order chi connectivity index (χ0) is 22.1. The maximum Gasteiger partial charge on any atom is 0.243 e. The third-order valence-corrected chi connectivity index (χ3v) is 5.87. The van der Waals surface area contributed by atoms with E-state index in [0.717, 1.165) is 16.0 Å². The summed E-state index contributed by atoms with van der Waals surface area (Å²) in [5.74, 6) is 0.621. The van der Waals surface area contributed by atoms with Gasteiger partial charge in [0, 0.05) is 29.7 Å². The minimum absolute atomic E-state index is 0.0156. The van der Waals surface area contributed by atoms with Crippen LogP contribution in [0.4, 0.5) is 0 Å². The lowest BCUT2D eigenvalue weighted by molar-refractivity contribution is -0.141. The number of amides is 2. The van der Waals surface area contributed by atoms with Crippen LogP contribution in [0.15, 0.2) is 53.4 Å². The smallest absolute Gasteiger partial charge is 0.243 e. The van der Waals surface area contributed by atoms with Crippen molar-refractivity contribution >= 4 is 23.6 Å². The third kappa shape index (κ3) is 7.52. The molecule has 2 aromatic carbocycles. The number of nitrogens with one attached hydrogen (secondary N) is 1. The van der Waals surface area contributed by atoms with E-state index in [2.05, 4.69) is 42.6 Å². The molecule has 0 spiro atoms. The average Bonchev–Trinajstić information content (AvgIpc) is 2.68. The van der Waals surface area contributed by atoms with E-state index in [1.54, 1.807) is 16.7 Å². The van der Waals surface area contributed by atoms with Gasteiger partial charge in [-0.1, -0.05) is 54.4 Å². The topological polar surface area (TPSA) is 49.4 Å². The molecule has 0 aliphatic carbocycles. The number of hydrogen-bond donors (Lipinski definition) is 1. The molecular weight excluding hydrogens is 392 g/mol. The Kier molecular flexibility index (Phi) is 9.44. The van der Waals surface area contributed by atoms with Crippen LogP contribution in [0, 0.1) is 13.8 Å². The first-order chi connectivity index (χ1) is 14.3. The van der Waals surface area contributed by atoms with Crippen molar-refractivity contribution in [3.8, 4) is 0 Å². The molecule has 0 fully saturated rings. The van der Waals surface area contributed by atoms with E-state index < -0.39 is 6.04 Å². The second-order valence-corrected chi connectivity index (χ2v) is 9.18. The molecule has 0 saturated heterocycles. The Morgan fingerprint density at radius 2 is 1.73 bits per heavy atom. The van der Waals surface area contributed by atoms with E-state index in [4.69, 9.17) is 0 Å². The molecule has 2 amide bonds. The zero-order valence-corrected chi connectivity index (χ0v) is 19.6. The lowest BCUT2D eigenvalue weighted by Crippen LogP contribution is -2.50. The number of rotatable bonds is 10. The minimum atomic E-state index is -0.468. The quantitative estimate of drug-likeness (QED) is 0.537. The summed E-state index contributed by atoms with van der Waals surface area (Å²) in [6.45, 7) is 10.4. The number of carbonyl (C=O) groups is 2. The normalized spacial score (nSPS) is 11.9. The second-order valence-electron chi connectivity index (χ2n) is 8.01. The van der Waals surface area contributed by atoms with Gasteiger partial charge in [0.2, 0.25) is 11.8 Å². The van der Waals surface area contributed by atoms with Gasteiger partial charge in [-0.05, 0) is 51.8 Å². The lowest BCUT2D eigenvalue weighted by atomic mass is 10.1. The molecule has 0 unspecified atom stereocenters. The van der Waals surface area contributed by atoms with Crippen molar-refractivity contribution < 1.29 is 9.59 Å². The summed E-state index contributed by atoms with van der Waals surface area (Å²) in [7, 11) is 0. The van der Waals surface area contributed by atoms with Crippen molar-refractivity contribution in [2.75, 3.05) is 5.75 Å². The Morgan fingerprint density at radius 1 is 1.03 bits per heavy atom. The van der Waals surface area contributed by atoms with Crippen LogP contribution < -0.4 is 5.32 Å². The fraction of sp³-hybridized carbons (Fsp3) is 0.440. The molecule has 2 aromatic rings. The highest BCUT2D eigenvalue weighted by Gasteiger charge is 2.28. The molecule has 0 aliphatic rings. The molecule has 162 valence electrons. The summed E-state index contributed by atoms with van der Waals surface area (Å²) in [5, 5.41) is 2.98. The van der Waals surface area contributed by atoms with Gasteiger partial charge >= 0.3 is 0 Å². The highest BCUT2D eigenvalue weighted by molar-refractivity contribution is 7.99. The first-order valence-electron chi connectivity index (χ1n) is 10.6. The fourth-order valence-electron chi connectivity index (χ4n) is 3.34. The number of nitrogens with zero attached hydrogens (tertiary/aromatic N) is 1. The Labute approximate surface area is 185 Å². The molecule has 0 heterocycles. The van der Waals surface area contributed by atoms with Gasteiger partial charge in [-0.3, -0.25) is 9.59 Å². The molecule has 1 N–H and O–H groups in total. The molecule has 30 heavy (non-hydrogen) atoms. The summed E-state index contributed by atoms with van der Waals surface area (Å²) >= 11 is 1.67. The molecular formula is C25H34N2O2S. The molecule has 5 heteroatoms. The molecule has 0 aliphatic heterocycles. The second kappa shape index (κ2) is 11.8. The van der Waals surface area contributed by atoms with Crippen LogP contribution in [0.25, 0.3) is 0 Å². The number of aryl methyl sites for hydroxylation is 2. The van der Waals surface area contributed by atoms with Gasteiger partial charge in [0.15, 0.2) is 0 Å². The van der Waals surface area contributed by atoms with Crippen molar-refractivity contribution in [1.82, 2.24) is 10.2 Å². The van der Waals surface area contributed by atoms with E-state index in [1.165, 1.54) is 5.56 Å². The van der Waals surface area contributed by atoms with Crippen LogP contribution in [-0.4, -0.2) is 34.6 Å². The zero-order valence-electron chi connectivity index (χ0n) is 18.8. The van der Waals surface area contributed by atoms with Crippen molar-refractivity contribution in [2.45, 2.75) is 71.0 Å². The van der Waals surface area contributed by atoms with Gasteiger partial charge in [-0.25, -0.2) is 0 Å². The van der Waals surface area contributed by atoms with E-state index >= 15 is 0 Å². The molecule has 0 aromatic heterocycles. The summed E-state index contributed by atoms with van der Waals surface area (Å²) < 4.78 is 0. The minimum Gasteiger partial charge on any atom is -0.352 e. The lowest BCUT2D eigenvalue weighted by Gasteiger charge is -2.31. The Balaban J connectivity index is 2.12. The number of thioether (sulfide) groups is 1. The number of hydrogen-bond acceptors (Lipinski definition) is 3. The molecule has 4 nitrogen and oxygen atoms in total. The van der Waals surface area contributed by atoms with E-state index in [1.807, 2.05) is 45.9 Å². The van der Waals surface area contributed by atoms with Crippen molar-refractivity contribution in [1.29, 1.82) is 0 Å². The monoisotopic (exact) mass is 426 g/mol. The van der Waals surface area contributed by atoms with Gasteiger partial charge in [0.05, 0.1) is 0 Å². The van der Waals surface area contributed by atoms with Crippen LogP contribution in [0.2, 0.25) is 0 Å². The number of carbonyl (C=O) groups excluding carboxylic acids is 2. The summed E-state index contributed by atoms with van der Waals surface area (Å²) in [4.78, 5) is 28.9. The highest BCUT2D eigenvalue weighted by atomic mass is 32.2. The molecule has 0 saturated carbocycles. The Morgan fingerprint density at radius 3 is 2.33 bits per heavy atom. The average molecular weight is 427 g/mol. The standard InChI is InChI=1S/C25H34N2O2S/c1-6-23(25(29)26-18(2)3)27(17-21-9-7-8-20(5)16-21)24(28)14-15-30-22-12-10-19(4)11-13-22/h7-13,16,18,23H,6,14-15,17H2,1-5H3,(H,26,29)/t23-/m0/s1. The van der Waals surface area contributed by atoms with Crippen LogP contribution in [-0.2, 0) is 16.1 Å². The molecule has 2 rings (SSSR count). The van der Waals surface area contributed by atoms with Gasteiger partial charge in [0.25, 0.3) is 0 Å². The summed E-state index contributed by atoms with van der Waals surface area (Å²) in [5.41, 5.74) is 3.42. The van der Waals surface area contributed by atoms with Gasteiger partial charge < -0.3 is 10.2 Å². The molecule has 1 atom stereocenters. The summed E-state index contributed by atoms with van der Waals surface area (Å²) in [6.07, 6.45) is 0.983. The Bertz CT molecular complexity index is 833. The van der Waals surface area contributed by atoms with Gasteiger partial charge in [-0.2, -0.15) is 0 Å². The van der Waals surface area contributed by atoms with Gasteiger partial charge in [-0.15, -0.1) is 11.8 Å². The van der Waals surface area contributed by atoms with Crippen molar-refractivity contribution in [3.05, 3.63) is 65.2 Å². The van der Waals surface area contributed by atoms with Crippen molar-refractivity contribution in [3.63, 3.8) is 0 Å². The van der Waals surface area contributed by atoms with E-state index in [-0.39, 0.29) is 17.9 Å². The third-order valence-electron chi connectivity index (χ3n) is 4.86. The first-order valence-corrected chi connectivity index (χ1v) is 11.6. The van der Waals surface area contributed by atoms with E-state index in [0.29, 0.717) is 25.1 Å². The fourth-order valence-corrected chi connectivity index (χ4v) is 4.18. The number of benzene rings is 2. The van der Waals surface area contributed by atoms with Gasteiger partial charge in [0.1, 0.15) is 6.04 Å². The molecule has 0 bridgehead atoms.